The van der Waals surface area contributed by atoms with Crippen LogP contribution in [0, 0.1) is 0 Å². The fourth-order valence-electron chi connectivity index (χ4n) is 1.66. The number of carbonyl (C=O) groups is 1. The van der Waals surface area contributed by atoms with Gasteiger partial charge in [0.2, 0.25) is 0 Å². The first-order chi connectivity index (χ1) is 8.92. The molecule has 5 heteroatoms. The van der Waals surface area contributed by atoms with Gasteiger partial charge in [0.05, 0.1) is 10.6 Å². The number of ketones is 1. The van der Waals surface area contributed by atoms with Gasteiger partial charge in [-0.1, -0.05) is 18.2 Å². The molecule has 0 heterocycles. The van der Waals surface area contributed by atoms with Gasteiger partial charge in [-0.25, -0.2) is 0 Å². The Morgan fingerprint density at radius 3 is 2.21 bits per heavy atom. The van der Waals surface area contributed by atoms with E-state index < -0.39 is 10.0 Å². The van der Waals surface area contributed by atoms with Crippen LogP contribution in [-0.4, -0.2) is 19.9 Å². The van der Waals surface area contributed by atoms with E-state index in [0.29, 0.717) is 16.9 Å². The molecule has 0 atom stereocenters. The topological polar surface area (TPSA) is 63.6 Å². The Labute approximate surface area is 112 Å². The lowest BCUT2D eigenvalue weighted by atomic mass is 9.97. The molecule has 98 valence electrons. The highest BCUT2D eigenvalue weighted by Crippen LogP contribution is 2.18. The second-order valence-corrected chi connectivity index (χ2v) is 5.82. The van der Waals surface area contributed by atoms with Gasteiger partial charge >= 0.3 is 0 Å². The van der Waals surface area contributed by atoms with Crippen molar-refractivity contribution in [3.05, 3.63) is 53.6 Å². The van der Waals surface area contributed by atoms with Crippen LogP contribution < -0.4 is 0 Å². The summed E-state index contributed by atoms with van der Waals surface area (Å²) < 4.78 is 28.0. The van der Waals surface area contributed by atoms with E-state index in [2.05, 4.69) is 4.40 Å². The quantitative estimate of drug-likeness (QED) is 0.778. The Kier molecular flexibility index (Phi) is 3.48. The van der Waals surface area contributed by atoms with Crippen molar-refractivity contribution < 1.29 is 13.2 Å². The summed E-state index contributed by atoms with van der Waals surface area (Å²) in [6.07, 6.45) is 2.77. The van der Waals surface area contributed by atoms with Crippen molar-refractivity contribution in [2.75, 3.05) is 0 Å². The van der Waals surface area contributed by atoms with E-state index in [1.165, 1.54) is 24.3 Å². The fraction of sp³-hybridized carbons (Fsp3) is 0.143. The molecule has 2 rings (SSSR count). The molecule has 1 aliphatic carbocycles. The number of hydrogen-bond acceptors (Lipinski definition) is 3. The van der Waals surface area contributed by atoms with Crippen LogP contribution in [0.4, 0.5) is 0 Å². The lowest BCUT2D eigenvalue weighted by Crippen LogP contribution is -2.13. The van der Waals surface area contributed by atoms with Crippen LogP contribution in [0.15, 0.2) is 62.9 Å². The second-order valence-electron chi connectivity index (χ2n) is 4.21. The summed E-state index contributed by atoms with van der Waals surface area (Å²) in [6.45, 7) is 3.35. The van der Waals surface area contributed by atoms with Gasteiger partial charge in [-0.3, -0.25) is 4.79 Å². The highest BCUT2D eigenvalue weighted by Gasteiger charge is 2.18. The molecule has 0 saturated carbocycles. The largest absolute Gasteiger partial charge is 0.290 e. The first-order valence-corrected chi connectivity index (χ1v) is 7.16. The van der Waals surface area contributed by atoms with E-state index in [9.17, 15) is 13.2 Å². The van der Waals surface area contributed by atoms with Crippen LogP contribution in [0.25, 0.3) is 0 Å². The first-order valence-electron chi connectivity index (χ1n) is 5.72. The number of hydrogen-bond donors (Lipinski definition) is 0. The predicted molar refractivity (Wildman–Crippen MR) is 73.6 cm³/mol. The molecule has 19 heavy (non-hydrogen) atoms. The van der Waals surface area contributed by atoms with Crippen molar-refractivity contribution in [2.45, 2.75) is 18.7 Å². The van der Waals surface area contributed by atoms with Crippen molar-refractivity contribution in [1.82, 2.24) is 0 Å². The molecule has 4 nitrogen and oxygen atoms in total. The zero-order valence-corrected chi connectivity index (χ0v) is 11.4. The Bertz CT molecular complexity index is 710. The molecule has 0 aromatic heterocycles. The average Bonchev–Trinajstić information content (AvgIpc) is 2.40. The third-order valence-corrected chi connectivity index (χ3v) is 4.27. The van der Waals surface area contributed by atoms with E-state index in [-0.39, 0.29) is 10.7 Å². The molecule has 1 aromatic carbocycles. The molecular formula is C14H13NO3S. The minimum atomic E-state index is -3.74. The predicted octanol–water partition coefficient (Wildman–Crippen LogP) is 2.29. The number of nitrogens with zero attached hydrogens (tertiary/aromatic N) is 1. The maximum Gasteiger partial charge on any atom is 0.282 e. The summed E-state index contributed by atoms with van der Waals surface area (Å²) in [6, 6.07) is 8.00. The lowest BCUT2D eigenvalue weighted by Gasteiger charge is -2.10. The van der Waals surface area contributed by atoms with Gasteiger partial charge in [0.15, 0.2) is 5.78 Å². The highest BCUT2D eigenvalue weighted by atomic mass is 32.2. The van der Waals surface area contributed by atoms with Crippen molar-refractivity contribution in [3.8, 4) is 0 Å². The van der Waals surface area contributed by atoms with Crippen molar-refractivity contribution in [1.29, 1.82) is 0 Å². The van der Waals surface area contributed by atoms with Gasteiger partial charge in [0, 0.05) is 5.57 Å². The Morgan fingerprint density at radius 2 is 1.58 bits per heavy atom. The zero-order chi connectivity index (χ0) is 14.0. The maximum absolute atomic E-state index is 12.1. The summed E-state index contributed by atoms with van der Waals surface area (Å²) in [5.41, 5.74) is 1.41. The van der Waals surface area contributed by atoms with E-state index in [1.807, 2.05) is 0 Å². The summed E-state index contributed by atoms with van der Waals surface area (Å²) >= 11 is 0. The number of rotatable bonds is 2. The number of benzene rings is 1. The second kappa shape index (κ2) is 4.93. The van der Waals surface area contributed by atoms with Crippen molar-refractivity contribution in [3.63, 3.8) is 0 Å². The zero-order valence-electron chi connectivity index (χ0n) is 10.6. The summed E-state index contributed by atoms with van der Waals surface area (Å²) in [5, 5.41) is 0. The van der Waals surface area contributed by atoms with Crippen LogP contribution in [-0.2, 0) is 14.8 Å². The van der Waals surface area contributed by atoms with Gasteiger partial charge < -0.3 is 0 Å². The third kappa shape index (κ3) is 2.71. The van der Waals surface area contributed by atoms with Gasteiger partial charge in [-0.15, -0.1) is 0 Å². The molecule has 0 amide bonds. The Morgan fingerprint density at radius 1 is 0.947 bits per heavy atom. The van der Waals surface area contributed by atoms with Crippen molar-refractivity contribution in [2.24, 2.45) is 4.40 Å². The molecule has 0 saturated heterocycles. The monoisotopic (exact) mass is 275 g/mol. The molecular weight excluding hydrogens is 262 g/mol. The molecule has 1 aliphatic rings. The van der Waals surface area contributed by atoms with Crippen LogP contribution >= 0.6 is 0 Å². The molecule has 0 fully saturated rings. The maximum atomic E-state index is 12.1. The normalized spacial score (nSPS) is 18.2. The van der Waals surface area contributed by atoms with Gasteiger partial charge in [-0.05, 0) is 43.7 Å². The molecule has 0 N–H and O–H groups in total. The van der Waals surface area contributed by atoms with Gasteiger partial charge in [0.1, 0.15) is 0 Å². The molecule has 0 radical (unpaired) electrons. The smallest absolute Gasteiger partial charge is 0.282 e. The van der Waals surface area contributed by atoms with Crippen LogP contribution in [0.1, 0.15) is 13.8 Å². The molecule has 1 aromatic rings. The summed E-state index contributed by atoms with van der Waals surface area (Å²) in [7, 11) is -3.74. The third-order valence-electron chi connectivity index (χ3n) is 2.97. The molecule has 0 unspecified atom stereocenters. The average molecular weight is 275 g/mol. The number of allylic oxidation sites excluding steroid dienone is 4. The molecule has 0 bridgehead atoms. The summed E-state index contributed by atoms with van der Waals surface area (Å²) in [5.74, 6) is -0.117. The first kappa shape index (κ1) is 13.4. The van der Waals surface area contributed by atoms with Gasteiger partial charge in [0.25, 0.3) is 10.0 Å². The highest BCUT2D eigenvalue weighted by molar-refractivity contribution is 7.90. The molecule has 0 spiro atoms. The van der Waals surface area contributed by atoms with Crippen molar-refractivity contribution >= 4 is 21.5 Å². The lowest BCUT2D eigenvalue weighted by molar-refractivity contribution is -0.111. The minimum Gasteiger partial charge on any atom is -0.290 e. The van der Waals surface area contributed by atoms with E-state index in [4.69, 9.17) is 0 Å². The molecule has 0 aliphatic heterocycles. The standard InChI is InChI=1S/C14H13NO3S/c1-10-11(2)14(16)9-8-13(10)15-19(17,18)12-6-4-3-5-7-12/h3-9H,1-2H3/b15-13+. The fourth-order valence-corrected chi connectivity index (χ4v) is 2.72. The Hall–Kier alpha value is -2.01. The summed E-state index contributed by atoms with van der Waals surface area (Å²) in [4.78, 5) is 11.6. The minimum absolute atomic E-state index is 0.117. The van der Waals surface area contributed by atoms with Crippen LogP contribution in [0.2, 0.25) is 0 Å². The Balaban J connectivity index is 2.49. The number of sulfonamides is 1. The van der Waals surface area contributed by atoms with Crippen LogP contribution in [0.5, 0.6) is 0 Å². The van der Waals surface area contributed by atoms with Gasteiger partial charge in [-0.2, -0.15) is 12.8 Å². The van der Waals surface area contributed by atoms with E-state index in [1.54, 1.807) is 32.0 Å². The van der Waals surface area contributed by atoms with E-state index in [0.717, 1.165) is 0 Å². The number of carbonyl (C=O) groups excluding carboxylic acids is 1. The SMILES string of the molecule is CC1=C(C)/C(=N/S(=O)(=O)c2ccccc2)C=CC1=O. The van der Waals surface area contributed by atoms with E-state index >= 15 is 0 Å². The van der Waals surface area contributed by atoms with Crippen LogP contribution in [0.3, 0.4) is 0 Å².